The number of halogens is 3. The fourth-order valence-corrected chi connectivity index (χ4v) is 3.52. The lowest BCUT2D eigenvalue weighted by molar-refractivity contribution is -0.151. The standard InChI is InChI=1S/C18H21F3N4O2/c1-3-9-17(4-2)14(26)23-16-22-10-24(11-25(16)15(17)27)13-7-5-12(6-8-13)18(19,20)21/h5-8H,3-4,9-11H2,1-2H3,(H,22,23,26). The number of hydrogen-bond acceptors (Lipinski definition) is 4. The third-order valence-corrected chi connectivity index (χ3v) is 5.11. The van der Waals surface area contributed by atoms with Crippen LogP contribution in [0.5, 0.6) is 0 Å². The zero-order chi connectivity index (χ0) is 19.8. The van der Waals surface area contributed by atoms with Crippen molar-refractivity contribution >= 4 is 23.5 Å². The molecule has 1 unspecified atom stereocenters. The van der Waals surface area contributed by atoms with Gasteiger partial charge in [-0.3, -0.25) is 19.8 Å². The second-order valence-corrected chi connectivity index (χ2v) is 6.72. The molecule has 1 atom stereocenters. The summed E-state index contributed by atoms with van der Waals surface area (Å²) in [6.07, 6.45) is -2.93. The summed E-state index contributed by atoms with van der Waals surface area (Å²) in [6.45, 7) is 3.96. The fraction of sp³-hybridized carbons (Fsp3) is 0.500. The fourth-order valence-electron chi connectivity index (χ4n) is 3.52. The van der Waals surface area contributed by atoms with E-state index in [1.807, 2.05) is 6.92 Å². The van der Waals surface area contributed by atoms with Gasteiger partial charge in [-0.1, -0.05) is 20.3 Å². The van der Waals surface area contributed by atoms with E-state index in [0.29, 0.717) is 24.9 Å². The van der Waals surface area contributed by atoms with E-state index in [1.165, 1.54) is 17.0 Å². The van der Waals surface area contributed by atoms with E-state index in [9.17, 15) is 22.8 Å². The average molecular weight is 382 g/mol. The first-order chi connectivity index (χ1) is 12.7. The molecule has 0 bridgehead atoms. The van der Waals surface area contributed by atoms with Crippen LogP contribution in [0.25, 0.3) is 0 Å². The summed E-state index contributed by atoms with van der Waals surface area (Å²) in [4.78, 5) is 32.9. The Morgan fingerprint density at radius 3 is 2.41 bits per heavy atom. The van der Waals surface area contributed by atoms with Gasteiger partial charge < -0.3 is 4.90 Å². The van der Waals surface area contributed by atoms with Crippen LogP contribution in [0.2, 0.25) is 0 Å². The molecular formula is C18H21F3N4O2. The minimum Gasteiger partial charge on any atom is -0.334 e. The van der Waals surface area contributed by atoms with Crippen molar-refractivity contribution in [2.75, 3.05) is 18.2 Å². The van der Waals surface area contributed by atoms with Crippen molar-refractivity contribution in [2.24, 2.45) is 10.4 Å². The van der Waals surface area contributed by atoms with Crippen molar-refractivity contribution in [3.63, 3.8) is 0 Å². The lowest BCUT2D eigenvalue weighted by Gasteiger charge is -2.44. The van der Waals surface area contributed by atoms with Crippen LogP contribution in [0.4, 0.5) is 18.9 Å². The molecule has 0 saturated carbocycles. The van der Waals surface area contributed by atoms with Crippen molar-refractivity contribution in [1.82, 2.24) is 10.2 Å². The van der Waals surface area contributed by atoms with Crippen molar-refractivity contribution in [2.45, 2.75) is 39.3 Å². The average Bonchev–Trinajstić information content (AvgIpc) is 2.64. The Morgan fingerprint density at radius 2 is 1.85 bits per heavy atom. The number of anilines is 1. The topological polar surface area (TPSA) is 65.0 Å². The Hall–Kier alpha value is -2.58. The van der Waals surface area contributed by atoms with E-state index >= 15 is 0 Å². The molecule has 9 heteroatoms. The van der Waals surface area contributed by atoms with Gasteiger partial charge in [0.1, 0.15) is 18.8 Å². The molecule has 2 aliphatic heterocycles. The molecule has 1 aromatic carbocycles. The third kappa shape index (κ3) is 3.26. The first-order valence-corrected chi connectivity index (χ1v) is 8.83. The zero-order valence-electron chi connectivity index (χ0n) is 15.1. The number of carbonyl (C=O) groups is 2. The number of benzene rings is 1. The Balaban J connectivity index is 1.86. The van der Waals surface area contributed by atoms with Gasteiger partial charge in [-0.25, -0.2) is 4.99 Å². The second-order valence-electron chi connectivity index (χ2n) is 6.72. The minimum absolute atomic E-state index is 0.120. The number of fused-ring (bicyclic) bond motifs is 1. The Morgan fingerprint density at radius 1 is 1.19 bits per heavy atom. The molecule has 2 amide bonds. The van der Waals surface area contributed by atoms with Gasteiger partial charge in [-0.05, 0) is 37.1 Å². The molecule has 1 fully saturated rings. The third-order valence-electron chi connectivity index (χ3n) is 5.11. The molecule has 6 nitrogen and oxygen atoms in total. The Kier molecular flexibility index (Phi) is 4.88. The maximum atomic E-state index is 13.1. The molecule has 0 aliphatic carbocycles. The van der Waals surface area contributed by atoms with E-state index < -0.39 is 17.2 Å². The van der Waals surface area contributed by atoms with E-state index in [1.54, 1.807) is 11.8 Å². The zero-order valence-corrected chi connectivity index (χ0v) is 15.1. The lowest BCUT2D eigenvalue weighted by Crippen LogP contribution is -2.67. The molecule has 1 aromatic rings. The number of nitrogens with one attached hydrogen (secondary N) is 1. The highest BCUT2D eigenvalue weighted by Gasteiger charge is 2.52. The second kappa shape index (κ2) is 6.86. The molecule has 1 saturated heterocycles. The van der Waals surface area contributed by atoms with E-state index in [0.717, 1.165) is 12.1 Å². The SMILES string of the molecule is CCCC1(CC)C(=O)NC2=NCN(c3ccc(C(F)(F)F)cc3)CN2C1=O. The number of carbonyl (C=O) groups excluding carboxylic acids is 2. The van der Waals surface area contributed by atoms with Crippen molar-refractivity contribution < 1.29 is 22.8 Å². The van der Waals surface area contributed by atoms with Gasteiger partial charge in [0.05, 0.1) is 5.56 Å². The van der Waals surface area contributed by atoms with Crippen LogP contribution < -0.4 is 10.2 Å². The summed E-state index contributed by atoms with van der Waals surface area (Å²) < 4.78 is 38.2. The molecule has 2 heterocycles. The minimum atomic E-state index is -4.40. The Bertz CT molecular complexity index is 776. The number of nitrogens with zero attached hydrogens (tertiary/aromatic N) is 3. The lowest BCUT2D eigenvalue weighted by atomic mass is 9.77. The molecule has 3 rings (SSSR count). The summed E-state index contributed by atoms with van der Waals surface area (Å²) in [5.74, 6) is -0.450. The van der Waals surface area contributed by atoms with Crippen LogP contribution in [-0.4, -0.2) is 36.0 Å². The van der Waals surface area contributed by atoms with E-state index in [4.69, 9.17) is 0 Å². The van der Waals surface area contributed by atoms with Gasteiger partial charge in [0.2, 0.25) is 17.8 Å². The normalized spacial score (nSPS) is 23.1. The number of hydrogen-bond donors (Lipinski definition) is 1. The number of alkyl halides is 3. The first-order valence-electron chi connectivity index (χ1n) is 8.83. The maximum Gasteiger partial charge on any atom is 0.416 e. The number of aliphatic imine (C=N–C) groups is 1. The van der Waals surface area contributed by atoms with E-state index in [-0.39, 0.29) is 31.1 Å². The molecule has 2 aliphatic rings. The highest BCUT2D eigenvalue weighted by Crippen LogP contribution is 2.35. The van der Waals surface area contributed by atoms with Crippen LogP contribution in [-0.2, 0) is 15.8 Å². The summed E-state index contributed by atoms with van der Waals surface area (Å²) >= 11 is 0. The van der Waals surface area contributed by atoms with Gasteiger partial charge in [0, 0.05) is 5.69 Å². The van der Waals surface area contributed by atoms with Gasteiger partial charge >= 0.3 is 6.18 Å². The number of rotatable bonds is 4. The summed E-state index contributed by atoms with van der Waals surface area (Å²) in [6, 6.07) is 4.72. The van der Waals surface area contributed by atoms with Crippen molar-refractivity contribution in [3.05, 3.63) is 29.8 Å². The van der Waals surface area contributed by atoms with Crippen LogP contribution in [0.3, 0.4) is 0 Å². The monoisotopic (exact) mass is 382 g/mol. The van der Waals surface area contributed by atoms with Crippen LogP contribution in [0, 0.1) is 5.41 Å². The molecule has 0 radical (unpaired) electrons. The molecule has 1 N–H and O–H groups in total. The van der Waals surface area contributed by atoms with Crippen molar-refractivity contribution in [3.8, 4) is 0 Å². The summed E-state index contributed by atoms with van der Waals surface area (Å²) in [7, 11) is 0. The molecule has 27 heavy (non-hydrogen) atoms. The van der Waals surface area contributed by atoms with Gasteiger partial charge in [-0.15, -0.1) is 0 Å². The first kappa shape index (κ1) is 19.2. The summed E-state index contributed by atoms with van der Waals surface area (Å²) in [5.41, 5.74) is -1.34. The largest absolute Gasteiger partial charge is 0.416 e. The predicted molar refractivity (Wildman–Crippen MR) is 93.7 cm³/mol. The molecule has 0 spiro atoms. The van der Waals surface area contributed by atoms with Crippen molar-refractivity contribution in [1.29, 1.82) is 0 Å². The van der Waals surface area contributed by atoms with Crippen LogP contribution >= 0.6 is 0 Å². The maximum absolute atomic E-state index is 13.1. The van der Waals surface area contributed by atoms with Crippen LogP contribution in [0.15, 0.2) is 29.3 Å². The molecular weight excluding hydrogens is 361 g/mol. The molecule has 0 aromatic heterocycles. The van der Waals surface area contributed by atoms with E-state index in [2.05, 4.69) is 10.3 Å². The summed E-state index contributed by atoms with van der Waals surface area (Å²) in [5, 5.41) is 2.72. The molecule has 146 valence electrons. The van der Waals surface area contributed by atoms with Gasteiger partial charge in [0.15, 0.2) is 0 Å². The highest BCUT2D eigenvalue weighted by atomic mass is 19.4. The quantitative estimate of drug-likeness (QED) is 0.815. The highest BCUT2D eigenvalue weighted by molar-refractivity contribution is 6.20. The van der Waals surface area contributed by atoms with Gasteiger partial charge in [0.25, 0.3) is 0 Å². The van der Waals surface area contributed by atoms with Crippen LogP contribution in [0.1, 0.15) is 38.7 Å². The Labute approximate surface area is 155 Å². The number of guanidine groups is 1. The smallest absolute Gasteiger partial charge is 0.334 e. The van der Waals surface area contributed by atoms with Gasteiger partial charge in [-0.2, -0.15) is 13.2 Å². The number of amides is 2. The predicted octanol–water partition coefficient (Wildman–Crippen LogP) is 2.95.